The van der Waals surface area contributed by atoms with Crippen LogP contribution >= 0.6 is 23.4 Å². The Labute approximate surface area is 92.8 Å². The minimum absolute atomic E-state index is 0.796. The lowest BCUT2D eigenvalue weighted by atomic mass is 10.2. The largest absolute Gasteiger partial charge is 0.363 e. The molecule has 1 aliphatic heterocycles. The summed E-state index contributed by atoms with van der Waals surface area (Å²) in [6, 6.07) is 7.93. The van der Waals surface area contributed by atoms with Crippen molar-refractivity contribution in [1.29, 1.82) is 0 Å². The van der Waals surface area contributed by atoms with Crippen LogP contribution in [0, 0.1) is 0 Å². The van der Waals surface area contributed by atoms with E-state index >= 15 is 0 Å². The van der Waals surface area contributed by atoms with E-state index in [0.717, 1.165) is 29.0 Å². The van der Waals surface area contributed by atoms with Gasteiger partial charge in [-0.05, 0) is 17.7 Å². The van der Waals surface area contributed by atoms with E-state index in [-0.39, 0.29) is 0 Å². The second-order valence-corrected chi connectivity index (χ2v) is 4.43. The maximum absolute atomic E-state index is 5.89. The molecular formula is C10H11ClN2S. The van der Waals surface area contributed by atoms with Crippen molar-refractivity contribution in [2.45, 2.75) is 5.75 Å². The number of thioether (sulfide) groups is 1. The van der Waals surface area contributed by atoms with Crippen LogP contribution in [0.4, 0.5) is 0 Å². The van der Waals surface area contributed by atoms with Gasteiger partial charge in [0.05, 0.1) is 6.54 Å². The monoisotopic (exact) mass is 226 g/mol. The Morgan fingerprint density at radius 3 is 3.14 bits per heavy atom. The predicted molar refractivity (Wildman–Crippen MR) is 63.1 cm³/mol. The number of hydrogen-bond donors (Lipinski definition) is 1. The van der Waals surface area contributed by atoms with Gasteiger partial charge in [-0.25, -0.2) is 0 Å². The van der Waals surface area contributed by atoms with E-state index in [1.807, 2.05) is 18.2 Å². The summed E-state index contributed by atoms with van der Waals surface area (Å²) in [5, 5.41) is 5.06. The first kappa shape index (κ1) is 9.87. The smallest absolute Gasteiger partial charge is 0.157 e. The first-order valence-electron chi connectivity index (χ1n) is 4.50. The molecule has 0 atom stereocenters. The summed E-state index contributed by atoms with van der Waals surface area (Å²) >= 11 is 7.61. The quantitative estimate of drug-likeness (QED) is 0.838. The Balaban J connectivity index is 1.91. The van der Waals surface area contributed by atoms with Crippen molar-refractivity contribution in [2.24, 2.45) is 4.99 Å². The summed E-state index contributed by atoms with van der Waals surface area (Å²) in [4.78, 5) is 4.31. The molecule has 4 heteroatoms. The number of benzene rings is 1. The van der Waals surface area contributed by atoms with Crippen molar-refractivity contribution in [3.05, 3.63) is 34.9 Å². The summed E-state index contributed by atoms with van der Waals surface area (Å²) in [5.74, 6) is 0.923. The Morgan fingerprint density at radius 1 is 1.50 bits per heavy atom. The molecule has 2 rings (SSSR count). The van der Waals surface area contributed by atoms with E-state index in [1.54, 1.807) is 11.8 Å². The van der Waals surface area contributed by atoms with Crippen LogP contribution in [0.15, 0.2) is 29.3 Å². The highest BCUT2D eigenvalue weighted by Gasteiger charge is 2.05. The minimum Gasteiger partial charge on any atom is -0.363 e. The molecule has 0 radical (unpaired) electrons. The lowest BCUT2D eigenvalue weighted by molar-refractivity contribution is 0.963. The van der Waals surface area contributed by atoms with Crippen LogP contribution in [0.5, 0.6) is 0 Å². The van der Waals surface area contributed by atoms with Crippen LogP contribution in [0.1, 0.15) is 5.56 Å². The van der Waals surface area contributed by atoms with E-state index in [4.69, 9.17) is 11.6 Å². The molecule has 0 saturated heterocycles. The van der Waals surface area contributed by atoms with Crippen LogP contribution in [0.25, 0.3) is 0 Å². The fourth-order valence-electron chi connectivity index (χ4n) is 1.25. The molecule has 1 aromatic carbocycles. The van der Waals surface area contributed by atoms with Gasteiger partial charge in [0, 0.05) is 17.3 Å². The topological polar surface area (TPSA) is 24.4 Å². The van der Waals surface area contributed by atoms with Gasteiger partial charge in [0.2, 0.25) is 0 Å². The van der Waals surface area contributed by atoms with Crippen molar-refractivity contribution in [3.8, 4) is 0 Å². The highest BCUT2D eigenvalue weighted by atomic mass is 35.5. The second kappa shape index (κ2) is 4.71. The van der Waals surface area contributed by atoms with E-state index < -0.39 is 0 Å². The Hall–Kier alpha value is -0.670. The molecule has 2 nitrogen and oxygen atoms in total. The summed E-state index contributed by atoms with van der Waals surface area (Å²) in [6.07, 6.45) is 0. The number of nitrogens with one attached hydrogen (secondary N) is 1. The molecule has 0 spiro atoms. The van der Waals surface area contributed by atoms with Gasteiger partial charge in [-0.1, -0.05) is 35.5 Å². The summed E-state index contributed by atoms with van der Waals surface area (Å²) < 4.78 is 0. The van der Waals surface area contributed by atoms with Gasteiger partial charge in [0.1, 0.15) is 0 Å². The number of rotatable bonds is 2. The third-order valence-electron chi connectivity index (χ3n) is 1.91. The average Bonchev–Trinajstić information content (AvgIpc) is 2.67. The van der Waals surface area contributed by atoms with Crippen molar-refractivity contribution in [3.63, 3.8) is 0 Å². The van der Waals surface area contributed by atoms with Crippen LogP contribution < -0.4 is 5.32 Å². The Morgan fingerprint density at radius 2 is 2.43 bits per heavy atom. The highest BCUT2D eigenvalue weighted by molar-refractivity contribution is 8.13. The average molecular weight is 227 g/mol. The zero-order chi connectivity index (χ0) is 9.80. The lowest BCUT2D eigenvalue weighted by Crippen LogP contribution is -2.14. The normalized spacial score (nSPS) is 15.1. The fraction of sp³-hybridized carbons (Fsp3) is 0.300. The van der Waals surface area contributed by atoms with E-state index in [9.17, 15) is 0 Å². The van der Waals surface area contributed by atoms with Crippen molar-refractivity contribution >= 4 is 28.5 Å². The molecule has 1 heterocycles. The fourth-order valence-corrected chi connectivity index (χ4v) is 2.33. The van der Waals surface area contributed by atoms with Crippen LogP contribution in [0.2, 0.25) is 5.02 Å². The molecule has 0 bridgehead atoms. The molecular weight excluding hydrogens is 216 g/mol. The molecule has 1 N–H and O–H groups in total. The first-order chi connectivity index (χ1) is 6.84. The maximum atomic E-state index is 5.89. The number of halogens is 1. The van der Waals surface area contributed by atoms with Gasteiger partial charge in [0.25, 0.3) is 0 Å². The summed E-state index contributed by atoms with van der Waals surface area (Å²) in [5.41, 5.74) is 1.24. The first-order valence-corrected chi connectivity index (χ1v) is 5.86. The van der Waals surface area contributed by atoms with Crippen LogP contribution in [-0.2, 0) is 5.75 Å². The predicted octanol–water partition coefficient (Wildman–Crippen LogP) is 2.53. The van der Waals surface area contributed by atoms with E-state index in [1.165, 1.54) is 5.56 Å². The third-order valence-corrected chi connectivity index (χ3v) is 3.17. The Bertz CT molecular complexity index is 352. The van der Waals surface area contributed by atoms with Crippen LogP contribution in [-0.4, -0.2) is 18.3 Å². The van der Waals surface area contributed by atoms with Crippen molar-refractivity contribution in [1.82, 2.24) is 5.32 Å². The van der Waals surface area contributed by atoms with Gasteiger partial charge in [-0.15, -0.1) is 0 Å². The number of hydrogen-bond acceptors (Lipinski definition) is 3. The van der Waals surface area contributed by atoms with E-state index in [0.29, 0.717) is 0 Å². The molecule has 0 unspecified atom stereocenters. The van der Waals surface area contributed by atoms with Crippen molar-refractivity contribution in [2.75, 3.05) is 13.1 Å². The molecule has 0 fully saturated rings. The zero-order valence-corrected chi connectivity index (χ0v) is 9.24. The van der Waals surface area contributed by atoms with Gasteiger partial charge in [-0.2, -0.15) is 0 Å². The molecule has 14 heavy (non-hydrogen) atoms. The summed E-state index contributed by atoms with van der Waals surface area (Å²) in [7, 11) is 0. The van der Waals surface area contributed by atoms with Gasteiger partial charge < -0.3 is 5.32 Å². The lowest BCUT2D eigenvalue weighted by Gasteiger charge is -2.02. The number of nitrogens with zero attached hydrogens (tertiary/aromatic N) is 1. The number of aliphatic imine (C=N–C) groups is 1. The van der Waals surface area contributed by atoms with Gasteiger partial charge in [0.15, 0.2) is 5.17 Å². The molecule has 0 saturated carbocycles. The van der Waals surface area contributed by atoms with E-state index in [2.05, 4.69) is 16.4 Å². The maximum Gasteiger partial charge on any atom is 0.157 e. The molecule has 0 amide bonds. The zero-order valence-electron chi connectivity index (χ0n) is 7.66. The van der Waals surface area contributed by atoms with Gasteiger partial charge in [-0.3, -0.25) is 4.99 Å². The standard InChI is InChI=1S/C10H11ClN2S/c11-9-3-1-2-8(6-9)7-14-10-12-4-5-13-10/h1-3,6H,4-5,7H2,(H,12,13). The molecule has 1 aliphatic rings. The molecule has 74 valence electrons. The van der Waals surface area contributed by atoms with Crippen LogP contribution in [0.3, 0.4) is 0 Å². The SMILES string of the molecule is Clc1cccc(CSC2=NCCN2)c1. The molecule has 1 aromatic rings. The molecule has 0 aliphatic carbocycles. The highest BCUT2D eigenvalue weighted by Crippen LogP contribution is 2.17. The minimum atomic E-state index is 0.796. The second-order valence-electron chi connectivity index (χ2n) is 3.03. The number of amidine groups is 1. The summed E-state index contributed by atoms with van der Waals surface area (Å²) in [6.45, 7) is 1.87. The Kier molecular flexibility index (Phi) is 3.32. The van der Waals surface area contributed by atoms with Crippen molar-refractivity contribution < 1.29 is 0 Å². The third kappa shape index (κ3) is 2.66. The molecule has 0 aromatic heterocycles. The van der Waals surface area contributed by atoms with Gasteiger partial charge >= 0.3 is 0 Å².